The third-order valence-electron chi connectivity index (χ3n) is 1.18. The standard InChI is InChI=1S/C6H11Si/c1-4-6(3,7)5-2/h4H,1,5H2,2-3H3. The van der Waals surface area contributed by atoms with Gasteiger partial charge in [0, 0.05) is 10.2 Å². The Morgan fingerprint density at radius 1 is 1.86 bits per heavy atom. The summed E-state index contributed by atoms with van der Waals surface area (Å²) < 4.78 is 0. The van der Waals surface area contributed by atoms with Crippen LogP contribution >= 0.6 is 0 Å². The quantitative estimate of drug-likeness (QED) is 0.377. The molecule has 3 radical (unpaired) electrons. The molecule has 0 fully saturated rings. The third-order valence-corrected chi connectivity index (χ3v) is 1.74. The van der Waals surface area contributed by atoms with Gasteiger partial charge in [-0.25, -0.2) is 0 Å². The van der Waals surface area contributed by atoms with Crippen LogP contribution in [0.2, 0.25) is 5.04 Å². The van der Waals surface area contributed by atoms with E-state index < -0.39 is 0 Å². The van der Waals surface area contributed by atoms with E-state index in [-0.39, 0.29) is 5.04 Å². The van der Waals surface area contributed by atoms with E-state index in [0.29, 0.717) is 0 Å². The average Bonchev–Trinajstić information content (AvgIpc) is 1.68. The second kappa shape index (κ2) is 2.31. The van der Waals surface area contributed by atoms with Gasteiger partial charge in [0.15, 0.2) is 0 Å². The van der Waals surface area contributed by atoms with Crippen LogP contribution < -0.4 is 0 Å². The van der Waals surface area contributed by atoms with Crippen molar-refractivity contribution in [3.8, 4) is 0 Å². The highest BCUT2D eigenvalue weighted by molar-refractivity contribution is 6.16. The Hall–Kier alpha value is -0.0431. The normalized spacial score (nSPS) is 18.1. The second-order valence-corrected chi connectivity index (χ2v) is 3.12. The van der Waals surface area contributed by atoms with Gasteiger partial charge in [0.25, 0.3) is 0 Å². The molecular weight excluding hydrogens is 100 g/mol. The summed E-state index contributed by atoms with van der Waals surface area (Å²) in [5, 5.41) is 0.153. The Morgan fingerprint density at radius 2 is 2.29 bits per heavy atom. The molecule has 7 heavy (non-hydrogen) atoms. The van der Waals surface area contributed by atoms with Crippen molar-refractivity contribution in [2.45, 2.75) is 25.3 Å². The van der Waals surface area contributed by atoms with Crippen LogP contribution in [0.5, 0.6) is 0 Å². The Morgan fingerprint density at radius 3 is 2.29 bits per heavy atom. The fourth-order valence-electron chi connectivity index (χ4n) is 0.144. The van der Waals surface area contributed by atoms with Gasteiger partial charge in [-0.1, -0.05) is 26.3 Å². The number of allylic oxidation sites excluding steroid dienone is 1. The average molecular weight is 111 g/mol. The van der Waals surface area contributed by atoms with E-state index in [0.717, 1.165) is 6.42 Å². The molecule has 0 aliphatic heterocycles. The molecule has 0 rings (SSSR count). The van der Waals surface area contributed by atoms with Gasteiger partial charge in [-0.05, 0) is 5.04 Å². The highest BCUT2D eigenvalue weighted by Crippen LogP contribution is 2.24. The molecule has 0 aromatic carbocycles. The molecule has 0 aliphatic rings. The van der Waals surface area contributed by atoms with Crippen molar-refractivity contribution in [1.29, 1.82) is 0 Å². The van der Waals surface area contributed by atoms with Crippen LogP contribution in [0.15, 0.2) is 12.7 Å². The van der Waals surface area contributed by atoms with Crippen molar-refractivity contribution in [3.63, 3.8) is 0 Å². The van der Waals surface area contributed by atoms with E-state index in [9.17, 15) is 0 Å². The minimum Gasteiger partial charge on any atom is -0.103 e. The molecule has 0 amide bonds. The number of hydrogen-bond donors (Lipinski definition) is 0. The SMILES string of the molecule is C=CC(C)([Si])CC. The molecule has 1 atom stereocenters. The molecule has 0 nitrogen and oxygen atoms in total. The molecule has 1 unspecified atom stereocenters. The fraction of sp³-hybridized carbons (Fsp3) is 0.667. The summed E-state index contributed by atoms with van der Waals surface area (Å²) >= 11 is 0. The first kappa shape index (κ1) is 6.96. The first-order valence-corrected chi connectivity index (χ1v) is 3.01. The van der Waals surface area contributed by atoms with Crippen LogP contribution in [0, 0.1) is 0 Å². The van der Waals surface area contributed by atoms with E-state index in [1.54, 1.807) is 0 Å². The summed E-state index contributed by atoms with van der Waals surface area (Å²) in [5.41, 5.74) is 0. The molecule has 1 heteroatoms. The monoisotopic (exact) mass is 111 g/mol. The molecule has 39 valence electrons. The summed E-state index contributed by atoms with van der Waals surface area (Å²) in [7, 11) is 3.51. The van der Waals surface area contributed by atoms with Crippen LogP contribution in [0.25, 0.3) is 0 Å². The lowest BCUT2D eigenvalue weighted by molar-refractivity contribution is 0.726. The van der Waals surface area contributed by atoms with Crippen molar-refractivity contribution in [2.75, 3.05) is 0 Å². The maximum atomic E-state index is 3.65. The Labute approximate surface area is 49.0 Å². The number of rotatable bonds is 2. The predicted molar refractivity (Wildman–Crippen MR) is 34.6 cm³/mol. The van der Waals surface area contributed by atoms with Crippen molar-refractivity contribution in [3.05, 3.63) is 12.7 Å². The topological polar surface area (TPSA) is 0 Å². The summed E-state index contributed by atoms with van der Waals surface area (Å²) in [6, 6.07) is 0. The van der Waals surface area contributed by atoms with Crippen molar-refractivity contribution in [1.82, 2.24) is 0 Å². The molecule has 0 bridgehead atoms. The molecule has 0 spiro atoms. The molecular formula is C6H11Si. The van der Waals surface area contributed by atoms with Gasteiger partial charge in [-0.2, -0.15) is 0 Å². The van der Waals surface area contributed by atoms with Crippen LogP contribution in [0.3, 0.4) is 0 Å². The Kier molecular flexibility index (Phi) is 2.30. The van der Waals surface area contributed by atoms with Crippen molar-refractivity contribution in [2.24, 2.45) is 0 Å². The molecule has 0 saturated carbocycles. The van der Waals surface area contributed by atoms with Gasteiger partial charge < -0.3 is 0 Å². The highest BCUT2D eigenvalue weighted by Gasteiger charge is 2.07. The van der Waals surface area contributed by atoms with E-state index in [2.05, 4.69) is 30.7 Å². The zero-order valence-corrected chi connectivity index (χ0v) is 5.99. The lowest BCUT2D eigenvalue weighted by Gasteiger charge is -2.14. The molecule has 0 aromatic rings. The lowest BCUT2D eigenvalue weighted by Crippen LogP contribution is -1.99. The van der Waals surface area contributed by atoms with Gasteiger partial charge in [-0.3, -0.25) is 0 Å². The molecule has 0 aliphatic carbocycles. The zero-order chi connectivity index (χ0) is 5.91. The maximum absolute atomic E-state index is 3.65. The summed E-state index contributed by atoms with van der Waals surface area (Å²) in [6.07, 6.45) is 3.00. The lowest BCUT2D eigenvalue weighted by atomic mass is 10.1. The van der Waals surface area contributed by atoms with E-state index in [1.807, 2.05) is 6.08 Å². The maximum Gasteiger partial charge on any atom is 0.0365 e. The van der Waals surface area contributed by atoms with Crippen LogP contribution in [-0.4, -0.2) is 10.2 Å². The van der Waals surface area contributed by atoms with E-state index in [4.69, 9.17) is 0 Å². The highest BCUT2D eigenvalue weighted by atomic mass is 28.1. The number of hydrogen-bond acceptors (Lipinski definition) is 0. The third kappa shape index (κ3) is 2.63. The van der Waals surface area contributed by atoms with Gasteiger partial charge >= 0.3 is 0 Å². The second-order valence-electron chi connectivity index (χ2n) is 1.98. The fourth-order valence-corrected chi connectivity index (χ4v) is 0.144. The van der Waals surface area contributed by atoms with Crippen LogP contribution in [-0.2, 0) is 0 Å². The summed E-state index contributed by atoms with van der Waals surface area (Å²) in [4.78, 5) is 0. The minimum absolute atomic E-state index is 0.153. The summed E-state index contributed by atoms with van der Waals surface area (Å²) in [5.74, 6) is 0. The van der Waals surface area contributed by atoms with Gasteiger partial charge in [-0.15, -0.1) is 6.58 Å². The van der Waals surface area contributed by atoms with Crippen molar-refractivity contribution < 1.29 is 0 Å². The zero-order valence-electron chi connectivity index (χ0n) is 4.99. The van der Waals surface area contributed by atoms with Crippen molar-refractivity contribution >= 4 is 10.2 Å². The molecule has 0 heterocycles. The Bertz CT molecular complexity index is 64.6. The summed E-state index contributed by atoms with van der Waals surface area (Å²) in [6.45, 7) is 7.87. The molecule has 0 aromatic heterocycles. The van der Waals surface area contributed by atoms with Crippen LogP contribution in [0.1, 0.15) is 20.3 Å². The van der Waals surface area contributed by atoms with Crippen LogP contribution in [0.4, 0.5) is 0 Å². The molecule has 0 saturated heterocycles. The smallest absolute Gasteiger partial charge is 0.0365 e. The minimum atomic E-state index is 0.153. The predicted octanol–water partition coefficient (Wildman–Crippen LogP) is 1.93. The Balaban J connectivity index is 3.58. The van der Waals surface area contributed by atoms with E-state index in [1.165, 1.54) is 0 Å². The molecule has 0 N–H and O–H groups in total. The van der Waals surface area contributed by atoms with Gasteiger partial charge in [0.2, 0.25) is 0 Å². The largest absolute Gasteiger partial charge is 0.103 e. The van der Waals surface area contributed by atoms with Gasteiger partial charge in [0.1, 0.15) is 0 Å². The first-order chi connectivity index (χ1) is 3.12. The van der Waals surface area contributed by atoms with Gasteiger partial charge in [0.05, 0.1) is 0 Å². The first-order valence-electron chi connectivity index (χ1n) is 2.51. The van der Waals surface area contributed by atoms with E-state index >= 15 is 0 Å².